The second kappa shape index (κ2) is 8.73. The van der Waals surface area contributed by atoms with E-state index in [1.807, 2.05) is 0 Å². The fourth-order valence-corrected chi connectivity index (χ4v) is 3.34. The number of carbonyl (C=O) groups is 4. The molecule has 150 valence electrons. The number of rotatable bonds is 6. The number of fused-ring (bicyclic) bond motifs is 1. The van der Waals surface area contributed by atoms with E-state index in [1.165, 1.54) is 9.80 Å². The van der Waals surface area contributed by atoms with Gasteiger partial charge in [0.2, 0.25) is 5.91 Å². The Morgan fingerprint density at radius 2 is 2.04 bits per heavy atom. The van der Waals surface area contributed by atoms with Gasteiger partial charge in [0.1, 0.15) is 5.75 Å². The maximum Gasteiger partial charge on any atom is 0.308 e. The van der Waals surface area contributed by atoms with Crippen LogP contribution in [0.15, 0.2) is 24.3 Å². The normalized spacial score (nSPS) is 18.9. The molecule has 0 radical (unpaired) electrons. The molecule has 0 spiro atoms. The second-order valence-corrected chi connectivity index (χ2v) is 6.79. The number of hydrogen-bond acceptors (Lipinski definition) is 6. The molecule has 3 amide bonds. The predicted octanol–water partition coefficient (Wildman–Crippen LogP) is 0.0692. The summed E-state index contributed by atoms with van der Waals surface area (Å²) in [7, 11) is 0. The molecule has 0 aliphatic carbocycles. The van der Waals surface area contributed by atoms with Gasteiger partial charge in [-0.05, 0) is 25.0 Å². The molecule has 9 nitrogen and oxygen atoms in total. The van der Waals surface area contributed by atoms with Crippen LogP contribution in [0, 0.1) is 5.92 Å². The van der Waals surface area contributed by atoms with Crippen LogP contribution in [0.3, 0.4) is 0 Å². The number of carbonyl (C=O) groups excluding carboxylic acids is 4. The van der Waals surface area contributed by atoms with Gasteiger partial charge in [0.25, 0.3) is 11.8 Å². The second-order valence-electron chi connectivity index (χ2n) is 6.79. The van der Waals surface area contributed by atoms with Crippen LogP contribution in [0.1, 0.15) is 19.3 Å². The fourth-order valence-electron chi connectivity index (χ4n) is 3.34. The summed E-state index contributed by atoms with van der Waals surface area (Å²) in [6.45, 7) is 0.433. The molecule has 2 aliphatic rings. The van der Waals surface area contributed by atoms with Gasteiger partial charge < -0.3 is 25.0 Å². The molecule has 2 N–H and O–H groups in total. The molecule has 2 heterocycles. The lowest BCUT2D eigenvalue weighted by molar-refractivity contribution is -0.153. The van der Waals surface area contributed by atoms with Crippen LogP contribution in [0.4, 0.5) is 5.69 Å². The quantitative estimate of drug-likeness (QED) is 0.688. The number of para-hydroxylation sites is 2. The molecule has 0 aromatic heterocycles. The number of nitrogens with zero attached hydrogens (tertiary/aromatic N) is 2. The Labute approximate surface area is 162 Å². The number of amides is 3. The highest BCUT2D eigenvalue weighted by Crippen LogP contribution is 2.31. The minimum atomic E-state index is -0.575. The average Bonchev–Trinajstić information content (AvgIpc) is 2.71. The van der Waals surface area contributed by atoms with Crippen molar-refractivity contribution in [2.24, 2.45) is 11.7 Å². The van der Waals surface area contributed by atoms with Crippen LogP contribution in [-0.2, 0) is 23.9 Å². The lowest BCUT2D eigenvalue weighted by Gasteiger charge is -2.31. The van der Waals surface area contributed by atoms with Crippen LogP contribution in [0.5, 0.6) is 5.75 Å². The molecule has 1 saturated heterocycles. The third-order valence-corrected chi connectivity index (χ3v) is 4.88. The van der Waals surface area contributed by atoms with Gasteiger partial charge in [-0.3, -0.25) is 19.2 Å². The predicted molar refractivity (Wildman–Crippen MR) is 98.4 cm³/mol. The van der Waals surface area contributed by atoms with Crippen molar-refractivity contribution in [1.82, 2.24) is 4.90 Å². The number of benzene rings is 1. The lowest BCUT2D eigenvalue weighted by atomic mass is 9.97. The van der Waals surface area contributed by atoms with Gasteiger partial charge in [0.15, 0.2) is 13.2 Å². The van der Waals surface area contributed by atoms with Crippen LogP contribution in [-0.4, -0.2) is 61.4 Å². The number of nitrogens with two attached hydrogens (primary N) is 1. The standard InChI is InChI=1S/C19H23N3O6/c20-19(26)13-4-3-8-21(10-13)16(23)11-28-18(25)7-9-22-14-5-1-2-6-15(14)27-12-17(22)24/h1-2,5-6,13H,3-4,7-12H2,(H2,20,26)/t13-/m0/s1. The molecular formula is C19H23N3O6. The van der Waals surface area contributed by atoms with Gasteiger partial charge in [-0.25, -0.2) is 0 Å². The van der Waals surface area contributed by atoms with Crippen molar-refractivity contribution in [2.75, 3.05) is 37.7 Å². The molecule has 1 aromatic carbocycles. The van der Waals surface area contributed by atoms with Crippen molar-refractivity contribution in [2.45, 2.75) is 19.3 Å². The maximum atomic E-state index is 12.2. The Balaban J connectivity index is 1.47. The molecule has 0 saturated carbocycles. The highest BCUT2D eigenvalue weighted by Gasteiger charge is 2.28. The Morgan fingerprint density at radius 3 is 2.82 bits per heavy atom. The van der Waals surface area contributed by atoms with Crippen LogP contribution < -0.4 is 15.4 Å². The Bertz CT molecular complexity index is 781. The van der Waals surface area contributed by atoms with Crippen LogP contribution in [0.25, 0.3) is 0 Å². The van der Waals surface area contributed by atoms with Gasteiger partial charge in [0.05, 0.1) is 18.0 Å². The third kappa shape index (κ3) is 4.59. The summed E-state index contributed by atoms with van der Waals surface area (Å²) in [5.41, 5.74) is 5.91. The summed E-state index contributed by atoms with van der Waals surface area (Å²) in [6, 6.07) is 7.08. The van der Waals surface area contributed by atoms with Gasteiger partial charge in [-0.15, -0.1) is 0 Å². The van der Waals surface area contributed by atoms with Gasteiger partial charge in [-0.1, -0.05) is 12.1 Å². The number of primary amides is 1. The van der Waals surface area contributed by atoms with Gasteiger partial charge in [0, 0.05) is 19.6 Å². The molecule has 3 rings (SSSR count). The number of ether oxygens (including phenoxy) is 2. The minimum Gasteiger partial charge on any atom is -0.482 e. The number of piperidine rings is 1. The molecule has 0 unspecified atom stereocenters. The largest absolute Gasteiger partial charge is 0.482 e. The Hall–Kier alpha value is -3.10. The monoisotopic (exact) mass is 389 g/mol. The highest BCUT2D eigenvalue weighted by atomic mass is 16.5. The van der Waals surface area contributed by atoms with Gasteiger partial charge in [-0.2, -0.15) is 0 Å². The zero-order valence-electron chi connectivity index (χ0n) is 15.5. The highest BCUT2D eigenvalue weighted by molar-refractivity contribution is 5.98. The molecule has 1 fully saturated rings. The van der Waals surface area contributed by atoms with E-state index >= 15 is 0 Å². The van der Waals surface area contributed by atoms with Gasteiger partial charge >= 0.3 is 5.97 Å². The van der Waals surface area contributed by atoms with E-state index < -0.39 is 18.5 Å². The maximum absolute atomic E-state index is 12.2. The first-order valence-corrected chi connectivity index (χ1v) is 9.20. The zero-order chi connectivity index (χ0) is 20.1. The number of esters is 1. The van der Waals surface area contributed by atoms with E-state index in [-0.39, 0.29) is 43.8 Å². The molecule has 0 bridgehead atoms. The van der Waals surface area contributed by atoms with Crippen molar-refractivity contribution >= 4 is 29.4 Å². The van der Waals surface area contributed by atoms with Crippen molar-refractivity contribution < 1.29 is 28.7 Å². The molecular weight excluding hydrogens is 366 g/mol. The molecule has 1 aromatic rings. The molecule has 2 aliphatic heterocycles. The Morgan fingerprint density at radius 1 is 1.25 bits per heavy atom. The number of anilines is 1. The van der Waals surface area contributed by atoms with Crippen LogP contribution in [0.2, 0.25) is 0 Å². The topological polar surface area (TPSA) is 119 Å². The van der Waals surface area contributed by atoms with Crippen molar-refractivity contribution in [3.8, 4) is 5.75 Å². The van der Waals surface area contributed by atoms with E-state index in [0.29, 0.717) is 30.8 Å². The zero-order valence-corrected chi connectivity index (χ0v) is 15.5. The number of hydrogen-bond donors (Lipinski definition) is 1. The summed E-state index contributed by atoms with van der Waals surface area (Å²) in [5.74, 6) is -1.38. The fraction of sp³-hybridized carbons (Fsp3) is 0.474. The summed E-state index contributed by atoms with van der Waals surface area (Å²) in [5, 5.41) is 0. The Kier molecular flexibility index (Phi) is 6.13. The number of likely N-dealkylation sites (tertiary alicyclic amines) is 1. The van der Waals surface area contributed by atoms with E-state index in [1.54, 1.807) is 24.3 Å². The minimum absolute atomic E-state index is 0.0444. The molecule has 1 atom stereocenters. The first kappa shape index (κ1) is 19.7. The third-order valence-electron chi connectivity index (χ3n) is 4.88. The van der Waals surface area contributed by atoms with E-state index in [0.717, 1.165) is 0 Å². The SMILES string of the molecule is NC(=O)[C@H]1CCCN(C(=O)COC(=O)CCN2C(=O)COc3ccccc32)C1. The average molecular weight is 389 g/mol. The summed E-state index contributed by atoms with van der Waals surface area (Å²) in [6.07, 6.45) is 1.30. The van der Waals surface area contributed by atoms with Crippen LogP contribution >= 0.6 is 0 Å². The smallest absolute Gasteiger partial charge is 0.308 e. The first-order chi connectivity index (χ1) is 13.5. The first-order valence-electron chi connectivity index (χ1n) is 9.20. The van der Waals surface area contributed by atoms with Crippen molar-refractivity contribution in [1.29, 1.82) is 0 Å². The van der Waals surface area contributed by atoms with Crippen molar-refractivity contribution in [3.05, 3.63) is 24.3 Å². The van der Waals surface area contributed by atoms with Crippen molar-refractivity contribution in [3.63, 3.8) is 0 Å². The van der Waals surface area contributed by atoms with E-state index in [2.05, 4.69) is 0 Å². The summed E-state index contributed by atoms with van der Waals surface area (Å²) >= 11 is 0. The summed E-state index contributed by atoms with van der Waals surface area (Å²) < 4.78 is 10.4. The molecule has 28 heavy (non-hydrogen) atoms. The molecule has 9 heteroatoms. The van der Waals surface area contributed by atoms with E-state index in [9.17, 15) is 19.2 Å². The lowest BCUT2D eigenvalue weighted by Crippen LogP contribution is -2.45. The van der Waals surface area contributed by atoms with E-state index in [4.69, 9.17) is 15.2 Å². The summed E-state index contributed by atoms with van der Waals surface area (Å²) in [4.78, 5) is 50.6.